The molecule has 17 heavy (non-hydrogen) atoms. The zero-order valence-corrected chi connectivity index (χ0v) is 9.72. The number of aliphatic hydroxyl groups excluding tert-OH is 1. The summed E-state index contributed by atoms with van der Waals surface area (Å²) < 4.78 is 5.38. The number of aliphatic carboxylic acids is 1. The molecular weight excluding hydrogens is 222 g/mol. The van der Waals surface area contributed by atoms with Gasteiger partial charge in [0.1, 0.15) is 11.3 Å². The van der Waals surface area contributed by atoms with Gasteiger partial charge in [-0.25, -0.2) is 0 Å². The minimum Gasteiger partial charge on any atom is -0.493 e. The molecule has 0 amide bonds. The van der Waals surface area contributed by atoms with Crippen molar-refractivity contribution in [3.05, 3.63) is 29.8 Å². The maximum absolute atomic E-state index is 10.8. The zero-order valence-electron chi connectivity index (χ0n) is 9.72. The van der Waals surface area contributed by atoms with E-state index >= 15 is 0 Å². The molecule has 0 aromatic heterocycles. The highest BCUT2D eigenvalue weighted by atomic mass is 16.5. The second-order valence-corrected chi connectivity index (χ2v) is 4.13. The quantitative estimate of drug-likeness (QED) is 0.681. The second-order valence-electron chi connectivity index (χ2n) is 4.13. The van der Waals surface area contributed by atoms with Crippen molar-refractivity contribution in [1.29, 1.82) is 0 Å². The molecule has 0 aliphatic rings. The Hall–Kier alpha value is -1.59. The van der Waals surface area contributed by atoms with Gasteiger partial charge in [-0.3, -0.25) is 4.79 Å². The van der Waals surface area contributed by atoms with Crippen molar-refractivity contribution in [2.75, 3.05) is 6.61 Å². The van der Waals surface area contributed by atoms with E-state index in [1.165, 1.54) is 6.92 Å². The third-order valence-electron chi connectivity index (χ3n) is 2.46. The van der Waals surface area contributed by atoms with Crippen LogP contribution in [0.2, 0.25) is 0 Å². The van der Waals surface area contributed by atoms with E-state index in [-0.39, 0.29) is 19.6 Å². The van der Waals surface area contributed by atoms with E-state index in [0.717, 1.165) is 5.56 Å². The average Bonchev–Trinajstić information content (AvgIpc) is 2.29. The lowest BCUT2D eigenvalue weighted by atomic mass is 10.0. The number of ether oxygens (including phenoxy) is 1. The molecule has 5 heteroatoms. The number of nitrogens with two attached hydrogens (primary N) is 1. The monoisotopic (exact) mass is 239 g/mol. The summed E-state index contributed by atoms with van der Waals surface area (Å²) >= 11 is 0. The van der Waals surface area contributed by atoms with E-state index in [2.05, 4.69) is 0 Å². The van der Waals surface area contributed by atoms with Crippen LogP contribution < -0.4 is 10.5 Å². The lowest BCUT2D eigenvalue weighted by Crippen LogP contribution is -2.45. The van der Waals surface area contributed by atoms with E-state index in [9.17, 15) is 4.79 Å². The van der Waals surface area contributed by atoms with Gasteiger partial charge in [-0.2, -0.15) is 0 Å². The van der Waals surface area contributed by atoms with Crippen LogP contribution in [0.15, 0.2) is 24.3 Å². The van der Waals surface area contributed by atoms with Crippen molar-refractivity contribution < 1.29 is 19.7 Å². The SMILES string of the molecule is CC(N)(CCOc1cccc(CO)c1)C(=O)O. The van der Waals surface area contributed by atoms with E-state index < -0.39 is 11.5 Å². The summed E-state index contributed by atoms with van der Waals surface area (Å²) in [4.78, 5) is 10.8. The molecule has 0 spiro atoms. The Kier molecular flexibility index (Phi) is 4.48. The highest BCUT2D eigenvalue weighted by Gasteiger charge is 2.27. The molecule has 0 aliphatic carbocycles. The third-order valence-corrected chi connectivity index (χ3v) is 2.46. The number of hydrogen-bond donors (Lipinski definition) is 3. The maximum Gasteiger partial charge on any atom is 0.323 e. The molecule has 1 aromatic carbocycles. The van der Waals surface area contributed by atoms with Gasteiger partial charge in [0, 0.05) is 6.42 Å². The van der Waals surface area contributed by atoms with Gasteiger partial charge in [-0.05, 0) is 24.6 Å². The number of rotatable bonds is 6. The molecule has 1 atom stereocenters. The van der Waals surface area contributed by atoms with Gasteiger partial charge in [0.25, 0.3) is 0 Å². The van der Waals surface area contributed by atoms with Gasteiger partial charge in [0.2, 0.25) is 0 Å². The molecule has 0 bridgehead atoms. The fraction of sp³-hybridized carbons (Fsp3) is 0.417. The molecule has 0 radical (unpaired) electrons. The fourth-order valence-corrected chi connectivity index (χ4v) is 1.22. The fourth-order valence-electron chi connectivity index (χ4n) is 1.22. The summed E-state index contributed by atoms with van der Waals surface area (Å²) in [6.07, 6.45) is 0.214. The summed E-state index contributed by atoms with van der Waals surface area (Å²) in [5, 5.41) is 17.7. The van der Waals surface area contributed by atoms with Crippen LogP contribution in [0.3, 0.4) is 0 Å². The number of carbonyl (C=O) groups is 1. The Morgan fingerprint density at radius 1 is 1.53 bits per heavy atom. The first-order chi connectivity index (χ1) is 7.95. The minimum absolute atomic E-state index is 0.0546. The van der Waals surface area contributed by atoms with Crippen LogP contribution in [0.5, 0.6) is 5.75 Å². The molecule has 4 N–H and O–H groups in total. The molecule has 1 aromatic rings. The molecule has 0 aliphatic heterocycles. The van der Waals surface area contributed by atoms with Gasteiger partial charge < -0.3 is 20.7 Å². The third kappa shape index (κ3) is 4.05. The van der Waals surface area contributed by atoms with Crippen molar-refractivity contribution in [2.24, 2.45) is 5.73 Å². The van der Waals surface area contributed by atoms with Crippen molar-refractivity contribution >= 4 is 5.97 Å². The minimum atomic E-state index is -1.28. The second kappa shape index (κ2) is 5.65. The number of benzene rings is 1. The molecule has 5 nitrogen and oxygen atoms in total. The van der Waals surface area contributed by atoms with Crippen LogP contribution in [-0.4, -0.2) is 28.3 Å². The van der Waals surface area contributed by atoms with E-state index in [4.69, 9.17) is 20.7 Å². The normalized spacial score (nSPS) is 14.1. The Balaban J connectivity index is 2.48. The van der Waals surface area contributed by atoms with Crippen LogP contribution in [0.4, 0.5) is 0 Å². The van der Waals surface area contributed by atoms with Gasteiger partial charge in [-0.15, -0.1) is 0 Å². The predicted molar refractivity (Wildman–Crippen MR) is 62.7 cm³/mol. The summed E-state index contributed by atoms with van der Waals surface area (Å²) in [6, 6.07) is 6.99. The number of carboxylic acid groups (broad SMARTS) is 1. The average molecular weight is 239 g/mol. The molecule has 1 unspecified atom stereocenters. The van der Waals surface area contributed by atoms with Gasteiger partial charge >= 0.3 is 5.97 Å². The topological polar surface area (TPSA) is 92.8 Å². The molecule has 0 saturated carbocycles. The van der Waals surface area contributed by atoms with Crippen LogP contribution in [0.25, 0.3) is 0 Å². The standard InChI is InChI=1S/C12H17NO4/c1-12(13,11(15)16)5-6-17-10-4-2-3-9(7-10)8-14/h2-4,7,14H,5-6,8,13H2,1H3,(H,15,16). The van der Waals surface area contributed by atoms with Crippen molar-refractivity contribution in [1.82, 2.24) is 0 Å². The van der Waals surface area contributed by atoms with E-state index in [0.29, 0.717) is 5.75 Å². The lowest BCUT2D eigenvalue weighted by molar-refractivity contribution is -0.143. The van der Waals surface area contributed by atoms with Gasteiger partial charge in [0.15, 0.2) is 0 Å². The first-order valence-electron chi connectivity index (χ1n) is 5.30. The Bertz CT molecular complexity index is 390. The molecule has 0 heterocycles. The van der Waals surface area contributed by atoms with Crippen molar-refractivity contribution in [3.63, 3.8) is 0 Å². The molecule has 1 rings (SSSR count). The molecule has 0 fully saturated rings. The molecule has 0 saturated heterocycles. The Labute approximate surface area is 99.8 Å². The lowest BCUT2D eigenvalue weighted by Gasteiger charge is -2.19. The van der Waals surface area contributed by atoms with E-state index in [1.807, 2.05) is 0 Å². The molecule has 94 valence electrons. The van der Waals surface area contributed by atoms with Crippen LogP contribution >= 0.6 is 0 Å². The van der Waals surface area contributed by atoms with Gasteiger partial charge in [-0.1, -0.05) is 12.1 Å². The number of aliphatic hydroxyl groups is 1. The summed E-state index contributed by atoms with van der Waals surface area (Å²) in [5.74, 6) is -0.456. The highest BCUT2D eigenvalue weighted by molar-refractivity contribution is 5.77. The van der Waals surface area contributed by atoms with E-state index in [1.54, 1.807) is 24.3 Å². The van der Waals surface area contributed by atoms with Crippen LogP contribution in [0, 0.1) is 0 Å². The maximum atomic E-state index is 10.8. The highest BCUT2D eigenvalue weighted by Crippen LogP contribution is 2.15. The van der Waals surface area contributed by atoms with Crippen molar-refractivity contribution in [3.8, 4) is 5.75 Å². The first-order valence-corrected chi connectivity index (χ1v) is 5.30. The number of carboxylic acids is 1. The zero-order chi connectivity index (χ0) is 12.9. The van der Waals surface area contributed by atoms with Crippen molar-refractivity contribution in [2.45, 2.75) is 25.5 Å². The van der Waals surface area contributed by atoms with Crippen LogP contribution in [0.1, 0.15) is 18.9 Å². The smallest absolute Gasteiger partial charge is 0.323 e. The Morgan fingerprint density at radius 2 is 2.24 bits per heavy atom. The molecular formula is C12H17NO4. The van der Waals surface area contributed by atoms with Crippen LogP contribution in [-0.2, 0) is 11.4 Å². The summed E-state index contributed by atoms with van der Waals surface area (Å²) in [5.41, 5.74) is 5.02. The predicted octanol–water partition coefficient (Wildman–Crippen LogP) is 0.750. The number of hydrogen-bond acceptors (Lipinski definition) is 4. The summed E-state index contributed by atoms with van der Waals surface area (Å²) in [7, 11) is 0. The summed E-state index contributed by atoms with van der Waals surface area (Å²) in [6.45, 7) is 1.61. The first kappa shape index (κ1) is 13.5. The largest absolute Gasteiger partial charge is 0.493 e. The Morgan fingerprint density at radius 3 is 2.82 bits per heavy atom. The van der Waals surface area contributed by atoms with Gasteiger partial charge in [0.05, 0.1) is 13.2 Å².